The monoisotopic (exact) mass is 393 g/mol. The molecule has 3 rings (SSSR count). The van der Waals surface area contributed by atoms with Gasteiger partial charge in [0, 0.05) is 39.4 Å². The maximum Gasteiger partial charge on any atom is 0.336 e. The van der Waals surface area contributed by atoms with E-state index in [4.69, 9.17) is 27.9 Å². The van der Waals surface area contributed by atoms with Crippen molar-refractivity contribution in [1.82, 2.24) is 5.32 Å². The Morgan fingerprint density at radius 3 is 2.69 bits per heavy atom. The van der Waals surface area contributed by atoms with Crippen molar-refractivity contribution in [3.05, 3.63) is 56.3 Å². The molecule has 1 N–H and O–H groups in total. The van der Waals surface area contributed by atoms with Gasteiger partial charge in [-0.25, -0.2) is 4.79 Å². The van der Waals surface area contributed by atoms with E-state index in [2.05, 4.69) is 5.32 Å². The van der Waals surface area contributed by atoms with Crippen molar-refractivity contribution in [1.29, 1.82) is 0 Å². The molecule has 6 heteroatoms. The summed E-state index contributed by atoms with van der Waals surface area (Å²) in [5.41, 5.74) is 3.30. The molecular formula is C20H21Cl2NO3. The highest BCUT2D eigenvalue weighted by atomic mass is 35.5. The molecular weight excluding hydrogens is 373 g/mol. The summed E-state index contributed by atoms with van der Waals surface area (Å²) in [4.78, 5) is 25.6. The van der Waals surface area contributed by atoms with Gasteiger partial charge in [-0.15, -0.1) is 0 Å². The fourth-order valence-corrected chi connectivity index (χ4v) is 4.28. The molecule has 2 atom stereocenters. The Bertz CT molecular complexity index is 841. The minimum absolute atomic E-state index is 0.0385. The van der Waals surface area contributed by atoms with E-state index < -0.39 is 11.9 Å². The fraction of sp³-hybridized carbons (Fsp3) is 0.400. The van der Waals surface area contributed by atoms with Crippen LogP contribution in [0.5, 0.6) is 0 Å². The Labute approximate surface area is 163 Å². The molecule has 0 fully saturated rings. The Morgan fingerprint density at radius 1 is 1.31 bits per heavy atom. The average molecular weight is 394 g/mol. The number of esters is 1. The Balaban J connectivity index is 2.21. The largest absolute Gasteiger partial charge is 0.463 e. The number of benzene rings is 1. The van der Waals surface area contributed by atoms with Crippen LogP contribution in [0.4, 0.5) is 0 Å². The molecule has 1 aliphatic heterocycles. The molecule has 1 aromatic carbocycles. The lowest BCUT2D eigenvalue weighted by atomic mass is 9.73. The third kappa shape index (κ3) is 3.40. The van der Waals surface area contributed by atoms with Crippen LogP contribution < -0.4 is 5.32 Å². The van der Waals surface area contributed by atoms with Crippen LogP contribution in [0.15, 0.2) is 40.7 Å². The minimum atomic E-state index is -0.546. The van der Waals surface area contributed by atoms with Crippen LogP contribution in [0.2, 0.25) is 10.0 Å². The zero-order valence-corrected chi connectivity index (χ0v) is 16.5. The van der Waals surface area contributed by atoms with Crippen LogP contribution in [-0.2, 0) is 14.3 Å². The van der Waals surface area contributed by atoms with E-state index in [1.807, 2.05) is 13.8 Å². The molecule has 0 radical (unpaired) electrons. The highest BCUT2D eigenvalue weighted by Crippen LogP contribution is 2.45. The lowest BCUT2D eigenvalue weighted by Crippen LogP contribution is -2.36. The number of carbonyl (C=O) groups excluding carboxylic acids is 2. The molecule has 2 unspecified atom stereocenters. The summed E-state index contributed by atoms with van der Waals surface area (Å²) in [6.07, 6.45) is 1.22. The van der Waals surface area contributed by atoms with E-state index in [-0.39, 0.29) is 18.3 Å². The van der Waals surface area contributed by atoms with Gasteiger partial charge in [0.25, 0.3) is 0 Å². The molecule has 1 heterocycles. The highest BCUT2D eigenvalue weighted by Gasteiger charge is 2.41. The summed E-state index contributed by atoms with van der Waals surface area (Å²) in [5, 5.41) is 4.20. The van der Waals surface area contributed by atoms with Crippen molar-refractivity contribution in [2.75, 3.05) is 6.61 Å². The second-order valence-corrected chi connectivity index (χ2v) is 7.66. The van der Waals surface area contributed by atoms with E-state index in [9.17, 15) is 9.59 Å². The smallest absolute Gasteiger partial charge is 0.336 e. The second kappa shape index (κ2) is 7.45. The quantitative estimate of drug-likeness (QED) is 0.751. The summed E-state index contributed by atoms with van der Waals surface area (Å²) in [6.45, 7) is 5.89. The van der Waals surface area contributed by atoms with Crippen molar-refractivity contribution < 1.29 is 14.3 Å². The van der Waals surface area contributed by atoms with Gasteiger partial charge in [0.1, 0.15) is 0 Å². The number of halogens is 2. The number of hydrogen-bond donors (Lipinski definition) is 1. The maximum atomic E-state index is 12.9. The van der Waals surface area contributed by atoms with E-state index in [0.717, 1.165) is 12.1 Å². The van der Waals surface area contributed by atoms with Gasteiger partial charge < -0.3 is 10.1 Å². The van der Waals surface area contributed by atoms with Gasteiger partial charge in [0.15, 0.2) is 5.78 Å². The SMILES string of the molecule is CCOC(=O)C1=C(C)NC2=C(C(=O)CC(C)C2)C1c1ccc(Cl)cc1Cl. The van der Waals surface area contributed by atoms with Gasteiger partial charge in [-0.3, -0.25) is 4.79 Å². The van der Waals surface area contributed by atoms with Crippen molar-refractivity contribution in [2.24, 2.45) is 5.92 Å². The first kappa shape index (κ1) is 19.0. The average Bonchev–Trinajstić information content (AvgIpc) is 2.53. The lowest BCUT2D eigenvalue weighted by molar-refractivity contribution is -0.138. The second-order valence-electron chi connectivity index (χ2n) is 6.81. The third-order valence-corrected chi connectivity index (χ3v) is 5.36. The molecule has 0 aromatic heterocycles. The normalized spacial score (nSPS) is 22.9. The number of dihydropyridines is 1. The molecule has 0 spiro atoms. The number of rotatable bonds is 3. The first-order valence-electron chi connectivity index (χ1n) is 8.69. The van der Waals surface area contributed by atoms with Gasteiger partial charge in [0.2, 0.25) is 0 Å². The first-order chi connectivity index (χ1) is 12.3. The summed E-state index contributed by atoms with van der Waals surface area (Å²) in [6, 6.07) is 5.14. The molecule has 0 saturated heterocycles. The number of nitrogens with one attached hydrogen (secondary N) is 1. The number of hydrogen-bond acceptors (Lipinski definition) is 4. The molecule has 2 aliphatic rings. The Hall–Kier alpha value is -1.78. The van der Waals surface area contributed by atoms with Gasteiger partial charge >= 0.3 is 5.97 Å². The van der Waals surface area contributed by atoms with Crippen LogP contribution in [0, 0.1) is 5.92 Å². The van der Waals surface area contributed by atoms with Gasteiger partial charge in [-0.1, -0.05) is 36.2 Å². The predicted octanol–water partition coefficient (Wildman–Crippen LogP) is 4.77. The summed E-state index contributed by atoms with van der Waals surface area (Å²) in [7, 11) is 0. The molecule has 0 saturated carbocycles. The summed E-state index contributed by atoms with van der Waals surface area (Å²) < 4.78 is 5.26. The minimum Gasteiger partial charge on any atom is -0.463 e. The molecule has 26 heavy (non-hydrogen) atoms. The predicted molar refractivity (Wildman–Crippen MR) is 102 cm³/mol. The molecule has 138 valence electrons. The van der Waals surface area contributed by atoms with Crippen LogP contribution in [0.3, 0.4) is 0 Å². The van der Waals surface area contributed by atoms with Crippen molar-refractivity contribution in [3.8, 4) is 0 Å². The van der Waals surface area contributed by atoms with Crippen molar-refractivity contribution in [2.45, 2.75) is 39.5 Å². The van der Waals surface area contributed by atoms with Crippen molar-refractivity contribution >= 4 is 35.0 Å². The number of ketones is 1. The number of Topliss-reactive ketones (excluding diaryl/α,β-unsaturated/α-hetero) is 1. The Kier molecular flexibility index (Phi) is 5.44. The molecule has 1 aromatic rings. The van der Waals surface area contributed by atoms with Crippen molar-refractivity contribution in [3.63, 3.8) is 0 Å². The standard InChI is InChI=1S/C20H21Cl2NO3/c1-4-26-20(25)17-11(3)23-15-7-10(2)8-16(24)19(15)18(17)13-6-5-12(21)9-14(13)22/h5-6,9-10,18,23H,4,7-8H2,1-3H3. The van der Waals surface area contributed by atoms with Crippen LogP contribution in [0.1, 0.15) is 45.1 Å². The number of carbonyl (C=O) groups is 2. The molecule has 0 bridgehead atoms. The zero-order valence-electron chi connectivity index (χ0n) is 15.0. The fourth-order valence-electron chi connectivity index (χ4n) is 3.76. The Morgan fingerprint density at radius 2 is 2.04 bits per heavy atom. The van der Waals surface area contributed by atoms with Crippen LogP contribution in [0.25, 0.3) is 0 Å². The molecule has 0 amide bonds. The number of ether oxygens (including phenoxy) is 1. The zero-order chi connectivity index (χ0) is 19.0. The van der Waals surface area contributed by atoms with Gasteiger partial charge in [0.05, 0.1) is 12.2 Å². The molecule has 4 nitrogen and oxygen atoms in total. The van der Waals surface area contributed by atoms with E-state index in [0.29, 0.717) is 38.9 Å². The van der Waals surface area contributed by atoms with Crippen LogP contribution in [-0.4, -0.2) is 18.4 Å². The van der Waals surface area contributed by atoms with E-state index in [1.165, 1.54) is 0 Å². The third-order valence-electron chi connectivity index (χ3n) is 4.80. The van der Waals surface area contributed by atoms with Gasteiger partial charge in [-0.2, -0.15) is 0 Å². The first-order valence-corrected chi connectivity index (χ1v) is 9.45. The molecule has 1 aliphatic carbocycles. The number of allylic oxidation sites excluding steroid dienone is 3. The topological polar surface area (TPSA) is 55.4 Å². The highest BCUT2D eigenvalue weighted by molar-refractivity contribution is 6.35. The maximum absolute atomic E-state index is 12.9. The summed E-state index contributed by atoms with van der Waals surface area (Å²) in [5.74, 6) is -0.690. The lowest BCUT2D eigenvalue weighted by Gasteiger charge is -2.36. The van der Waals surface area contributed by atoms with Gasteiger partial charge in [-0.05, 0) is 43.9 Å². The van der Waals surface area contributed by atoms with E-state index >= 15 is 0 Å². The van der Waals surface area contributed by atoms with Crippen LogP contribution >= 0.6 is 23.2 Å². The van der Waals surface area contributed by atoms with E-state index in [1.54, 1.807) is 25.1 Å². The summed E-state index contributed by atoms with van der Waals surface area (Å²) >= 11 is 12.5.